The molecule has 82 valence electrons. The van der Waals surface area contributed by atoms with Gasteiger partial charge in [0.05, 0.1) is 25.7 Å². The molecule has 0 aromatic carbocycles. The Bertz CT molecular complexity index is 212. The number of carbonyl (C=O) groups excluding carboxylic acids is 1. The van der Waals surface area contributed by atoms with Crippen molar-refractivity contribution in [2.45, 2.75) is 39.1 Å². The minimum absolute atomic E-state index is 0.000833. The standard InChI is InChI=1S/C10H18O4/c1-7(9(11)12-4)5-8-6-13-10(2,3)14-8/h7-8H,5-6H2,1-4H3/t7-,8-/m0/s1. The number of esters is 1. The van der Waals surface area contributed by atoms with Gasteiger partial charge in [0.2, 0.25) is 0 Å². The van der Waals surface area contributed by atoms with Crippen molar-refractivity contribution in [2.24, 2.45) is 5.92 Å². The van der Waals surface area contributed by atoms with E-state index >= 15 is 0 Å². The third-order valence-electron chi connectivity index (χ3n) is 2.29. The molecule has 1 aliphatic rings. The van der Waals surface area contributed by atoms with Crippen molar-refractivity contribution >= 4 is 5.97 Å². The van der Waals surface area contributed by atoms with Crippen LogP contribution in [0.2, 0.25) is 0 Å². The second kappa shape index (κ2) is 4.28. The molecule has 1 heterocycles. The van der Waals surface area contributed by atoms with Gasteiger partial charge in [-0.3, -0.25) is 4.79 Å². The highest BCUT2D eigenvalue weighted by Gasteiger charge is 2.34. The number of hydrogen-bond donors (Lipinski definition) is 0. The number of methoxy groups -OCH3 is 1. The first-order valence-electron chi connectivity index (χ1n) is 4.84. The van der Waals surface area contributed by atoms with E-state index in [9.17, 15) is 4.79 Å². The summed E-state index contributed by atoms with van der Waals surface area (Å²) >= 11 is 0. The normalized spacial score (nSPS) is 27.3. The van der Waals surface area contributed by atoms with E-state index in [2.05, 4.69) is 4.74 Å². The molecular weight excluding hydrogens is 184 g/mol. The van der Waals surface area contributed by atoms with Crippen molar-refractivity contribution in [2.75, 3.05) is 13.7 Å². The molecule has 4 heteroatoms. The fourth-order valence-corrected chi connectivity index (χ4v) is 1.57. The van der Waals surface area contributed by atoms with Crippen LogP contribution in [0.25, 0.3) is 0 Å². The van der Waals surface area contributed by atoms with Gasteiger partial charge in [-0.15, -0.1) is 0 Å². The third-order valence-corrected chi connectivity index (χ3v) is 2.29. The SMILES string of the molecule is COC(=O)[C@@H](C)C[C@H]1COC(C)(C)O1. The first-order valence-corrected chi connectivity index (χ1v) is 4.84. The fourth-order valence-electron chi connectivity index (χ4n) is 1.57. The van der Waals surface area contributed by atoms with Crippen LogP contribution in [0, 0.1) is 5.92 Å². The van der Waals surface area contributed by atoms with E-state index in [1.165, 1.54) is 7.11 Å². The second-order valence-electron chi connectivity index (χ2n) is 4.11. The van der Waals surface area contributed by atoms with E-state index in [4.69, 9.17) is 9.47 Å². The minimum Gasteiger partial charge on any atom is -0.469 e. The molecule has 0 spiro atoms. The predicted molar refractivity (Wildman–Crippen MR) is 50.7 cm³/mol. The number of carbonyl (C=O) groups is 1. The maximum atomic E-state index is 11.1. The van der Waals surface area contributed by atoms with Crippen LogP contribution < -0.4 is 0 Å². The molecule has 0 radical (unpaired) electrons. The Morgan fingerprint density at radius 1 is 1.64 bits per heavy atom. The zero-order valence-electron chi connectivity index (χ0n) is 9.20. The largest absolute Gasteiger partial charge is 0.469 e. The highest BCUT2D eigenvalue weighted by molar-refractivity contribution is 5.71. The first kappa shape index (κ1) is 11.5. The molecule has 1 fully saturated rings. The number of ether oxygens (including phenoxy) is 3. The molecule has 0 unspecified atom stereocenters. The Morgan fingerprint density at radius 3 is 2.71 bits per heavy atom. The minimum atomic E-state index is -0.513. The van der Waals surface area contributed by atoms with E-state index in [0.29, 0.717) is 13.0 Å². The lowest BCUT2D eigenvalue weighted by atomic mass is 10.0. The maximum absolute atomic E-state index is 11.1. The summed E-state index contributed by atoms with van der Waals surface area (Å²) < 4.78 is 15.6. The highest BCUT2D eigenvalue weighted by atomic mass is 16.7. The smallest absolute Gasteiger partial charge is 0.308 e. The van der Waals surface area contributed by atoms with Gasteiger partial charge in [0.25, 0.3) is 0 Å². The van der Waals surface area contributed by atoms with Crippen LogP contribution in [0.5, 0.6) is 0 Å². The molecule has 0 N–H and O–H groups in total. The van der Waals surface area contributed by atoms with E-state index < -0.39 is 5.79 Å². The Kier molecular flexibility index (Phi) is 3.50. The summed E-state index contributed by atoms with van der Waals surface area (Å²) in [6.07, 6.45) is 0.648. The molecule has 0 aromatic heterocycles. The molecule has 0 aliphatic carbocycles. The van der Waals surface area contributed by atoms with E-state index in [1.54, 1.807) is 0 Å². The molecule has 0 saturated carbocycles. The molecule has 2 atom stereocenters. The Balaban J connectivity index is 2.36. The van der Waals surface area contributed by atoms with Gasteiger partial charge < -0.3 is 14.2 Å². The quantitative estimate of drug-likeness (QED) is 0.648. The Labute approximate surface area is 84.5 Å². The van der Waals surface area contributed by atoms with Gasteiger partial charge in [0.15, 0.2) is 5.79 Å². The van der Waals surface area contributed by atoms with Gasteiger partial charge in [0.1, 0.15) is 0 Å². The summed E-state index contributed by atoms with van der Waals surface area (Å²) in [7, 11) is 1.40. The van der Waals surface area contributed by atoms with Gasteiger partial charge >= 0.3 is 5.97 Å². The molecule has 14 heavy (non-hydrogen) atoms. The summed E-state index contributed by atoms with van der Waals surface area (Å²) in [5.41, 5.74) is 0. The summed E-state index contributed by atoms with van der Waals surface area (Å²) in [4.78, 5) is 11.1. The molecule has 0 aromatic rings. The number of rotatable bonds is 3. The van der Waals surface area contributed by atoms with Gasteiger partial charge in [-0.05, 0) is 20.3 Å². The van der Waals surface area contributed by atoms with Gasteiger partial charge in [-0.1, -0.05) is 6.92 Å². The van der Waals surface area contributed by atoms with Crippen LogP contribution in [-0.2, 0) is 19.0 Å². The van der Waals surface area contributed by atoms with Crippen LogP contribution in [0.3, 0.4) is 0 Å². The fraction of sp³-hybridized carbons (Fsp3) is 0.900. The zero-order valence-corrected chi connectivity index (χ0v) is 9.20. The van der Waals surface area contributed by atoms with Crippen LogP contribution in [0.1, 0.15) is 27.2 Å². The van der Waals surface area contributed by atoms with Crippen LogP contribution in [0.4, 0.5) is 0 Å². The van der Waals surface area contributed by atoms with Gasteiger partial charge in [-0.2, -0.15) is 0 Å². The average molecular weight is 202 g/mol. The second-order valence-corrected chi connectivity index (χ2v) is 4.11. The lowest BCUT2D eigenvalue weighted by Crippen LogP contribution is -2.24. The summed E-state index contributed by atoms with van der Waals surface area (Å²) in [6, 6.07) is 0. The summed E-state index contributed by atoms with van der Waals surface area (Å²) in [5.74, 6) is -0.846. The summed E-state index contributed by atoms with van der Waals surface area (Å²) in [5, 5.41) is 0. The topological polar surface area (TPSA) is 44.8 Å². The van der Waals surface area contributed by atoms with Crippen LogP contribution in [0.15, 0.2) is 0 Å². The lowest BCUT2D eigenvalue weighted by Gasteiger charge is -2.18. The van der Waals surface area contributed by atoms with E-state index in [1.807, 2.05) is 20.8 Å². The first-order chi connectivity index (χ1) is 6.44. The molecule has 0 bridgehead atoms. The summed E-state index contributed by atoms with van der Waals surface area (Å²) in [6.45, 7) is 6.13. The van der Waals surface area contributed by atoms with Gasteiger partial charge in [-0.25, -0.2) is 0 Å². The van der Waals surface area contributed by atoms with Crippen molar-refractivity contribution in [3.8, 4) is 0 Å². The lowest BCUT2D eigenvalue weighted by molar-refractivity contribution is -0.151. The molecule has 0 amide bonds. The third kappa shape index (κ3) is 2.96. The van der Waals surface area contributed by atoms with Gasteiger partial charge in [0, 0.05) is 0 Å². The zero-order chi connectivity index (χ0) is 10.8. The molecule has 1 rings (SSSR count). The molecule has 4 nitrogen and oxygen atoms in total. The Morgan fingerprint density at radius 2 is 2.29 bits per heavy atom. The van der Waals surface area contributed by atoms with Crippen molar-refractivity contribution < 1.29 is 19.0 Å². The maximum Gasteiger partial charge on any atom is 0.308 e. The molecule has 1 aliphatic heterocycles. The van der Waals surface area contributed by atoms with Crippen molar-refractivity contribution in [1.29, 1.82) is 0 Å². The van der Waals surface area contributed by atoms with Crippen LogP contribution in [-0.4, -0.2) is 31.6 Å². The van der Waals surface area contributed by atoms with Crippen LogP contribution >= 0.6 is 0 Å². The molecular formula is C10H18O4. The van der Waals surface area contributed by atoms with Crippen molar-refractivity contribution in [3.63, 3.8) is 0 Å². The Hall–Kier alpha value is -0.610. The number of hydrogen-bond acceptors (Lipinski definition) is 4. The predicted octanol–water partition coefficient (Wildman–Crippen LogP) is 1.34. The van der Waals surface area contributed by atoms with Crippen molar-refractivity contribution in [3.05, 3.63) is 0 Å². The van der Waals surface area contributed by atoms with E-state index in [0.717, 1.165) is 0 Å². The average Bonchev–Trinajstić information content (AvgIpc) is 2.44. The highest BCUT2D eigenvalue weighted by Crippen LogP contribution is 2.26. The van der Waals surface area contributed by atoms with Crippen molar-refractivity contribution in [1.82, 2.24) is 0 Å². The monoisotopic (exact) mass is 202 g/mol. The molecule has 1 saturated heterocycles. The van der Waals surface area contributed by atoms with E-state index in [-0.39, 0.29) is 18.0 Å².